The molecule has 1 amide bonds. The van der Waals surface area contributed by atoms with Gasteiger partial charge in [0.2, 0.25) is 10.0 Å². The number of ether oxygens (including phenoxy) is 1. The Morgan fingerprint density at radius 3 is 2.39 bits per heavy atom. The second kappa shape index (κ2) is 8.98. The first-order valence-corrected chi connectivity index (χ1v) is 11.8. The predicted octanol–water partition coefficient (Wildman–Crippen LogP) is 3.89. The molecule has 150 valence electrons. The zero-order chi connectivity index (χ0) is 20.1. The molecule has 8 heteroatoms. The maximum atomic E-state index is 12.8. The van der Waals surface area contributed by atoms with Crippen LogP contribution >= 0.6 is 11.8 Å². The minimum Gasteiger partial charge on any atom is -0.495 e. The van der Waals surface area contributed by atoms with Crippen molar-refractivity contribution < 1.29 is 17.9 Å². The largest absolute Gasteiger partial charge is 0.495 e. The molecule has 0 spiro atoms. The minimum absolute atomic E-state index is 0.0210. The van der Waals surface area contributed by atoms with E-state index in [0.29, 0.717) is 5.69 Å². The number of sulfonamides is 1. The highest BCUT2D eigenvalue weighted by molar-refractivity contribution is 7.98. The lowest BCUT2D eigenvalue weighted by atomic mass is 10.2. The summed E-state index contributed by atoms with van der Waals surface area (Å²) in [5, 5.41) is 2.79. The van der Waals surface area contributed by atoms with Crippen LogP contribution in [0.3, 0.4) is 0 Å². The van der Waals surface area contributed by atoms with Crippen molar-refractivity contribution in [2.75, 3.05) is 18.7 Å². The van der Waals surface area contributed by atoms with Crippen molar-refractivity contribution in [1.29, 1.82) is 0 Å². The molecular weight excluding hydrogens is 396 g/mol. The summed E-state index contributed by atoms with van der Waals surface area (Å²) in [6.45, 7) is 0. The zero-order valence-electron chi connectivity index (χ0n) is 15.9. The highest BCUT2D eigenvalue weighted by Crippen LogP contribution is 2.28. The number of benzene rings is 2. The quantitative estimate of drug-likeness (QED) is 0.664. The number of nitrogens with one attached hydrogen (secondary N) is 2. The topological polar surface area (TPSA) is 84.5 Å². The molecule has 0 saturated heterocycles. The van der Waals surface area contributed by atoms with E-state index in [0.717, 1.165) is 30.6 Å². The van der Waals surface area contributed by atoms with E-state index < -0.39 is 10.0 Å². The van der Waals surface area contributed by atoms with E-state index in [1.807, 2.05) is 30.5 Å². The molecule has 3 rings (SSSR count). The molecule has 0 aliphatic heterocycles. The van der Waals surface area contributed by atoms with Gasteiger partial charge in [0.05, 0.1) is 7.11 Å². The average Bonchev–Trinajstić information content (AvgIpc) is 3.20. The maximum absolute atomic E-state index is 12.8. The van der Waals surface area contributed by atoms with Crippen LogP contribution in [-0.2, 0) is 10.0 Å². The van der Waals surface area contributed by atoms with Gasteiger partial charge in [-0.25, -0.2) is 13.1 Å². The van der Waals surface area contributed by atoms with E-state index in [1.54, 1.807) is 17.8 Å². The van der Waals surface area contributed by atoms with Crippen LogP contribution in [0, 0.1) is 0 Å². The van der Waals surface area contributed by atoms with Gasteiger partial charge in [-0.2, -0.15) is 0 Å². The van der Waals surface area contributed by atoms with Crippen LogP contribution in [0.4, 0.5) is 5.69 Å². The number of thioether (sulfide) groups is 1. The number of methoxy groups -OCH3 is 1. The van der Waals surface area contributed by atoms with E-state index in [9.17, 15) is 13.2 Å². The van der Waals surface area contributed by atoms with Crippen LogP contribution in [0.2, 0.25) is 0 Å². The van der Waals surface area contributed by atoms with Gasteiger partial charge in [0, 0.05) is 22.2 Å². The molecule has 2 aromatic carbocycles. The van der Waals surface area contributed by atoms with Crippen molar-refractivity contribution in [1.82, 2.24) is 4.72 Å². The van der Waals surface area contributed by atoms with Crippen molar-refractivity contribution in [3.8, 4) is 5.75 Å². The van der Waals surface area contributed by atoms with Crippen LogP contribution in [0.5, 0.6) is 5.75 Å². The summed E-state index contributed by atoms with van der Waals surface area (Å²) in [5.41, 5.74) is 0.897. The van der Waals surface area contributed by atoms with E-state index in [2.05, 4.69) is 10.0 Å². The second-order valence-electron chi connectivity index (χ2n) is 6.65. The average molecular weight is 421 g/mol. The summed E-state index contributed by atoms with van der Waals surface area (Å²) < 4.78 is 33.6. The first-order chi connectivity index (χ1) is 13.4. The Hall–Kier alpha value is -2.03. The number of anilines is 1. The lowest BCUT2D eigenvalue weighted by Crippen LogP contribution is -2.33. The lowest BCUT2D eigenvalue weighted by molar-refractivity contribution is 0.102. The SMILES string of the molecule is COc1ccc(C(=O)Nc2ccc(SC)cc2)cc1S(=O)(=O)NC1CCCC1. The molecule has 28 heavy (non-hydrogen) atoms. The van der Waals surface area contributed by atoms with E-state index in [1.165, 1.54) is 19.2 Å². The summed E-state index contributed by atoms with van der Waals surface area (Å²) in [6.07, 6.45) is 5.66. The number of amides is 1. The van der Waals surface area contributed by atoms with Gasteiger partial charge in [0.15, 0.2) is 0 Å². The van der Waals surface area contributed by atoms with Gasteiger partial charge >= 0.3 is 0 Å². The van der Waals surface area contributed by atoms with Gasteiger partial charge in [-0.15, -0.1) is 11.8 Å². The van der Waals surface area contributed by atoms with Gasteiger partial charge in [-0.05, 0) is 61.6 Å². The molecule has 0 radical (unpaired) electrons. The second-order valence-corrected chi connectivity index (χ2v) is 9.21. The highest BCUT2D eigenvalue weighted by atomic mass is 32.2. The third-order valence-corrected chi connectivity index (χ3v) is 7.03. The molecule has 0 aromatic heterocycles. The van der Waals surface area contributed by atoms with Gasteiger partial charge in [-0.3, -0.25) is 4.79 Å². The fourth-order valence-electron chi connectivity index (χ4n) is 3.23. The highest BCUT2D eigenvalue weighted by Gasteiger charge is 2.26. The first kappa shape index (κ1) is 20.7. The number of rotatable bonds is 7. The fraction of sp³-hybridized carbons (Fsp3) is 0.350. The normalized spacial score (nSPS) is 14.8. The smallest absolute Gasteiger partial charge is 0.255 e. The zero-order valence-corrected chi connectivity index (χ0v) is 17.5. The number of hydrogen-bond donors (Lipinski definition) is 2. The molecule has 0 atom stereocenters. The molecular formula is C20H24N2O4S2. The van der Waals surface area contributed by atoms with Gasteiger partial charge in [0.25, 0.3) is 5.91 Å². The minimum atomic E-state index is -3.78. The van der Waals surface area contributed by atoms with Crippen molar-refractivity contribution in [3.63, 3.8) is 0 Å². The molecule has 1 fully saturated rings. The summed E-state index contributed by atoms with van der Waals surface area (Å²) >= 11 is 1.61. The summed E-state index contributed by atoms with van der Waals surface area (Å²) in [7, 11) is -2.37. The Bertz CT molecular complexity index is 937. The Kier molecular flexibility index (Phi) is 6.64. The van der Waals surface area contributed by atoms with Crippen molar-refractivity contribution in [2.45, 2.75) is 41.5 Å². The molecule has 0 bridgehead atoms. The molecule has 2 N–H and O–H groups in total. The van der Waals surface area contributed by atoms with E-state index in [4.69, 9.17) is 4.74 Å². The van der Waals surface area contributed by atoms with Crippen molar-refractivity contribution in [2.24, 2.45) is 0 Å². The Labute approximate surface area is 170 Å². The summed E-state index contributed by atoms with van der Waals surface area (Å²) in [6, 6.07) is 11.8. The third-order valence-electron chi connectivity index (χ3n) is 4.74. The van der Waals surface area contributed by atoms with Crippen LogP contribution in [0.15, 0.2) is 52.3 Å². The van der Waals surface area contributed by atoms with Gasteiger partial charge < -0.3 is 10.1 Å². The maximum Gasteiger partial charge on any atom is 0.255 e. The molecule has 1 aliphatic rings. The summed E-state index contributed by atoms with van der Waals surface area (Å²) in [4.78, 5) is 13.7. The van der Waals surface area contributed by atoms with Crippen LogP contribution in [0.1, 0.15) is 36.0 Å². The molecule has 0 heterocycles. The van der Waals surface area contributed by atoms with Crippen molar-refractivity contribution >= 4 is 33.4 Å². The first-order valence-electron chi connectivity index (χ1n) is 9.09. The van der Waals surface area contributed by atoms with Crippen molar-refractivity contribution in [3.05, 3.63) is 48.0 Å². The summed E-state index contributed by atoms with van der Waals surface area (Å²) in [5.74, 6) is -0.164. The molecule has 0 unspecified atom stereocenters. The number of hydrogen-bond acceptors (Lipinski definition) is 5. The number of carbonyl (C=O) groups excluding carboxylic acids is 1. The predicted molar refractivity (Wildman–Crippen MR) is 112 cm³/mol. The Morgan fingerprint density at radius 2 is 1.79 bits per heavy atom. The van der Waals surface area contributed by atoms with E-state index in [-0.39, 0.29) is 28.2 Å². The fourth-order valence-corrected chi connectivity index (χ4v) is 5.14. The van der Waals surface area contributed by atoms with Crippen LogP contribution < -0.4 is 14.8 Å². The molecule has 6 nitrogen and oxygen atoms in total. The van der Waals surface area contributed by atoms with Crippen LogP contribution in [0.25, 0.3) is 0 Å². The lowest BCUT2D eigenvalue weighted by Gasteiger charge is -2.16. The molecule has 1 saturated carbocycles. The monoisotopic (exact) mass is 420 g/mol. The van der Waals surface area contributed by atoms with Gasteiger partial charge in [0.1, 0.15) is 10.6 Å². The Morgan fingerprint density at radius 1 is 1.11 bits per heavy atom. The Balaban J connectivity index is 1.83. The standard InChI is InChI=1S/C20H24N2O4S2/c1-26-18-12-7-14(20(23)21-15-8-10-17(27-2)11-9-15)13-19(18)28(24,25)22-16-5-3-4-6-16/h7-13,16,22H,3-6H2,1-2H3,(H,21,23). The van der Waals surface area contributed by atoms with Gasteiger partial charge in [-0.1, -0.05) is 12.8 Å². The third kappa shape index (κ3) is 4.87. The molecule has 2 aromatic rings. The molecule has 1 aliphatic carbocycles. The van der Waals surface area contributed by atoms with E-state index >= 15 is 0 Å². The van der Waals surface area contributed by atoms with Crippen LogP contribution in [-0.4, -0.2) is 33.7 Å². The number of carbonyl (C=O) groups is 1.